The monoisotopic (exact) mass is 198 g/mol. The van der Waals surface area contributed by atoms with Gasteiger partial charge in [0.2, 0.25) is 0 Å². The van der Waals surface area contributed by atoms with Gasteiger partial charge in [-0.2, -0.15) is 0 Å². The summed E-state index contributed by atoms with van der Waals surface area (Å²) in [6.45, 7) is 0. The zero-order chi connectivity index (χ0) is 10.7. The number of nitrogens with zero attached hydrogens (tertiary/aromatic N) is 1. The van der Waals surface area contributed by atoms with Crippen molar-refractivity contribution in [1.29, 1.82) is 0 Å². The van der Waals surface area contributed by atoms with Crippen molar-refractivity contribution < 1.29 is 14.4 Å². The van der Waals surface area contributed by atoms with Crippen LogP contribution in [0, 0.1) is 10.1 Å². The van der Waals surface area contributed by atoms with E-state index in [0.29, 0.717) is 5.75 Å². The molecular weight excluding hydrogens is 188 g/mol. The molecule has 0 aliphatic heterocycles. The van der Waals surface area contributed by atoms with Crippen molar-refractivity contribution in [1.82, 2.24) is 0 Å². The van der Waals surface area contributed by atoms with Crippen LogP contribution in [0.1, 0.15) is 0 Å². The summed E-state index contributed by atoms with van der Waals surface area (Å²) in [5, 5.41) is 10.5. The van der Waals surface area contributed by atoms with Gasteiger partial charge in [-0.25, -0.2) is 0 Å². The van der Waals surface area contributed by atoms with Crippen LogP contribution in [0.5, 0.6) is 11.5 Å². The van der Waals surface area contributed by atoms with Gasteiger partial charge in [0.1, 0.15) is 5.69 Å². The second kappa shape index (κ2) is 3.82. The summed E-state index contributed by atoms with van der Waals surface area (Å²) < 4.78 is 9.82. The maximum absolute atomic E-state index is 10.5. The van der Waals surface area contributed by atoms with Crippen LogP contribution >= 0.6 is 0 Å². The highest BCUT2D eigenvalue weighted by Gasteiger charge is 2.16. The van der Waals surface area contributed by atoms with E-state index in [-0.39, 0.29) is 17.1 Å². The first-order chi connectivity index (χ1) is 6.60. The third-order valence-corrected chi connectivity index (χ3v) is 1.73. The molecule has 0 unspecified atom stereocenters. The normalized spacial score (nSPS) is 9.57. The first-order valence-corrected chi connectivity index (χ1v) is 3.76. The smallest absolute Gasteiger partial charge is 0.296 e. The predicted octanol–water partition coefficient (Wildman–Crippen LogP) is 1.19. The zero-order valence-electron chi connectivity index (χ0n) is 7.81. The molecule has 0 aliphatic rings. The van der Waals surface area contributed by atoms with Gasteiger partial charge >= 0.3 is 0 Å². The van der Waals surface area contributed by atoms with Crippen LogP contribution in [0.25, 0.3) is 0 Å². The summed E-state index contributed by atoms with van der Waals surface area (Å²) in [4.78, 5) is 9.95. The third kappa shape index (κ3) is 1.68. The molecule has 1 aromatic rings. The third-order valence-electron chi connectivity index (χ3n) is 1.73. The Labute approximate surface area is 80.4 Å². The lowest BCUT2D eigenvalue weighted by Gasteiger charge is -2.07. The molecule has 0 heterocycles. The number of hydrogen-bond donors (Lipinski definition) is 1. The fraction of sp³-hybridized carbons (Fsp3) is 0.250. The van der Waals surface area contributed by atoms with E-state index in [2.05, 4.69) is 0 Å². The van der Waals surface area contributed by atoms with Crippen molar-refractivity contribution in [2.45, 2.75) is 0 Å². The molecule has 14 heavy (non-hydrogen) atoms. The summed E-state index contributed by atoms with van der Waals surface area (Å²) in [6, 6.07) is 2.59. The number of benzene rings is 1. The van der Waals surface area contributed by atoms with E-state index in [1.54, 1.807) is 0 Å². The second-order valence-corrected chi connectivity index (χ2v) is 2.52. The van der Waals surface area contributed by atoms with Gasteiger partial charge in [-0.3, -0.25) is 10.1 Å². The molecule has 2 N–H and O–H groups in total. The van der Waals surface area contributed by atoms with Crippen molar-refractivity contribution in [3.63, 3.8) is 0 Å². The fourth-order valence-corrected chi connectivity index (χ4v) is 1.04. The summed E-state index contributed by atoms with van der Waals surface area (Å²) in [5.41, 5.74) is 5.30. The molecule has 1 rings (SSSR count). The maximum Gasteiger partial charge on any atom is 0.296 e. The van der Waals surface area contributed by atoms with Gasteiger partial charge in [-0.15, -0.1) is 0 Å². The van der Waals surface area contributed by atoms with E-state index < -0.39 is 4.92 Å². The standard InChI is InChI=1S/C8H10N2O4/c1-13-7-3-5(9)6(10(11)12)4-8(7)14-2/h3-4H,9H2,1-2H3. The van der Waals surface area contributed by atoms with Gasteiger partial charge in [0.15, 0.2) is 11.5 Å². The Morgan fingerprint density at radius 1 is 1.29 bits per heavy atom. The Balaban J connectivity index is 3.30. The minimum Gasteiger partial charge on any atom is -0.493 e. The van der Waals surface area contributed by atoms with E-state index in [4.69, 9.17) is 15.2 Å². The van der Waals surface area contributed by atoms with Crippen LogP contribution < -0.4 is 15.2 Å². The molecule has 0 atom stereocenters. The van der Waals surface area contributed by atoms with E-state index >= 15 is 0 Å². The van der Waals surface area contributed by atoms with Crippen LogP contribution in [0.2, 0.25) is 0 Å². The van der Waals surface area contributed by atoms with E-state index in [9.17, 15) is 10.1 Å². The van der Waals surface area contributed by atoms with Crippen LogP contribution in [0.3, 0.4) is 0 Å². The number of anilines is 1. The number of ether oxygens (including phenoxy) is 2. The van der Waals surface area contributed by atoms with E-state index in [1.165, 1.54) is 26.4 Å². The maximum atomic E-state index is 10.5. The molecule has 76 valence electrons. The number of rotatable bonds is 3. The van der Waals surface area contributed by atoms with Crippen molar-refractivity contribution >= 4 is 11.4 Å². The van der Waals surface area contributed by atoms with Crippen LogP contribution in [-0.2, 0) is 0 Å². The molecule has 6 heteroatoms. The molecule has 0 aliphatic carbocycles. The van der Waals surface area contributed by atoms with E-state index in [1.807, 2.05) is 0 Å². The molecule has 0 spiro atoms. The largest absolute Gasteiger partial charge is 0.493 e. The van der Waals surface area contributed by atoms with E-state index in [0.717, 1.165) is 0 Å². The highest BCUT2D eigenvalue weighted by atomic mass is 16.6. The van der Waals surface area contributed by atoms with Crippen LogP contribution in [-0.4, -0.2) is 19.1 Å². The van der Waals surface area contributed by atoms with Crippen molar-refractivity contribution in [3.05, 3.63) is 22.2 Å². The molecule has 6 nitrogen and oxygen atoms in total. The lowest BCUT2D eigenvalue weighted by atomic mass is 10.2. The molecule has 0 saturated heterocycles. The summed E-state index contributed by atoms with van der Waals surface area (Å²) in [6.07, 6.45) is 0. The highest BCUT2D eigenvalue weighted by molar-refractivity contribution is 5.65. The van der Waals surface area contributed by atoms with Gasteiger partial charge in [0.05, 0.1) is 25.2 Å². The van der Waals surface area contributed by atoms with Gasteiger partial charge < -0.3 is 15.2 Å². The molecule has 0 aromatic heterocycles. The molecule has 0 saturated carbocycles. The number of nitrogens with two attached hydrogens (primary N) is 1. The Morgan fingerprint density at radius 2 is 1.79 bits per heavy atom. The fourth-order valence-electron chi connectivity index (χ4n) is 1.04. The number of nitro groups is 1. The van der Waals surface area contributed by atoms with Crippen molar-refractivity contribution in [3.8, 4) is 11.5 Å². The lowest BCUT2D eigenvalue weighted by molar-refractivity contribution is -0.384. The van der Waals surface area contributed by atoms with Gasteiger partial charge in [-0.05, 0) is 0 Å². The minimum atomic E-state index is -0.572. The van der Waals surface area contributed by atoms with Crippen LogP contribution in [0.15, 0.2) is 12.1 Å². The molecule has 0 bridgehead atoms. The first-order valence-electron chi connectivity index (χ1n) is 3.76. The summed E-state index contributed by atoms with van der Waals surface area (Å²) in [7, 11) is 2.83. The van der Waals surface area contributed by atoms with Crippen molar-refractivity contribution in [2.75, 3.05) is 20.0 Å². The molecule has 0 fully saturated rings. The van der Waals surface area contributed by atoms with Gasteiger partial charge in [-0.1, -0.05) is 0 Å². The predicted molar refractivity (Wildman–Crippen MR) is 50.6 cm³/mol. The topological polar surface area (TPSA) is 87.6 Å². The average Bonchev–Trinajstić information content (AvgIpc) is 2.16. The first kappa shape index (κ1) is 10.1. The Kier molecular flexibility index (Phi) is 2.76. The Morgan fingerprint density at radius 3 is 2.21 bits per heavy atom. The molecule has 0 amide bonds. The average molecular weight is 198 g/mol. The number of methoxy groups -OCH3 is 2. The summed E-state index contributed by atoms with van der Waals surface area (Å²) in [5.74, 6) is 0.656. The molecular formula is C8H10N2O4. The van der Waals surface area contributed by atoms with Gasteiger partial charge in [0, 0.05) is 6.07 Å². The SMILES string of the molecule is COc1cc(N)c([N+](=O)[O-])cc1OC. The zero-order valence-corrected chi connectivity index (χ0v) is 7.81. The highest BCUT2D eigenvalue weighted by Crippen LogP contribution is 2.35. The van der Waals surface area contributed by atoms with Crippen molar-refractivity contribution in [2.24, 2.45) is 0 Å². The summed E-state index contributed by atoms with van der Waals surface area (Å²) >= 11 is 0. The second-order valence-electron chi connectivity index (χ2n) is 2.52. The minimum absolute atomic E-state index is 0.0488. The van der Waals surface area contributed by atoms with Crippen LogP contribution in [0.4, 0.5) is 11.4 Å². The molecule has 1 aromatic carbocycles. The number of nitro benzene ring substituents is 1. The lowest BCUT2D eigenvalue weighted by Crippen LogP contribution is -1.98. The van der Waals surface area contributed by atoms with Gasteiger partial charge in [0.25, 0.3) is 5.69 Å². The Bertz CT molecular complexity index is 365. The molecule has 0 radical (unpaired) electrons. The number of hydrogen-bond acceptors (Lipinski definition) is 5. The Hall–Kier alpha value is -1.98. The quantitative estimate of drug-likeness (QED) is 0.447. The number of nitrogen functional groups attached to an aromatic ring is 1.